The second kappa shape index (κ2) is 17.8. The number of hydrogen-bond acceptors (Lipinski definition) is 2. The van der Waals surface area contributed by atoms with Crippen LogP contribution in [0.1, 0.15) is 125 Å². The average molecular weight is 1120 g/mol. The molecule has 0 unspecified atom stereocenters. The summed E-state index contributed by atoms with van der Waals surface area (Å²) in [6.45, 7) is 23.8. The third-order valence-corrected chi connectivity index (χ3v) is 21.5. The van der Waals surface area contributed by atoms with E-state index in [1.165, 1.54) is 134 Å². The second-order valence-corrected chi connectivity index (χ2v) is 28.1. The van der Waals surface area contributed by atoms with Crippen LogP contribution >= 0.6 is 0 Å². The van der Waals surface area contributed by atoms with Crippen molar-refractivity contribution in [3.8, 4) is 123 Å². The van der Waals surface area contributed by atoms with Crippen molar-refractivity contribution < 1.29 is 0 Å². The zero-order valence-corrected chi connectivity index (χ0v) is 51.3. The molecule has 0 bridgehead atoms. The number of pyridine rings is 2. The van der Waals surface area contributed by atoms with Crippen LogP contribution in [0.4, 0.5) is 0 Å². The van der Waals surface area contributed by atoms with Crippen LogP contribution in [0, 0.1) is 0 Å². The molecule has 0 saturated heterocycles. The first-order valence-electron chi connectivity index (χ1n) is 31.2. The summed E-state index contributed by atoms with van der Waals surface area (Å²) in [5.41, 5.74) is 39.9. The molecule has 2 heterocycles. The first-order chi connectivity index (χ1) is 41.8. The van der Waals surface area contributed by atoms with E-state index in [1.54, 1.807) is 0 Å². The largest absolute Gasteiger partial charge is 0.248 e. The van der Waals surface area contributed by atoms with Crippen LogP contribution in [-0.2, 0) is 27.1 Å². The normalized spacial score (nSPS) is 16.2. The molecule has 0 amide bonds. The molecule has 0 N–H and O–H groups in total. The predicted octanol–water partition coefficient (Wildman–Crippen LogP) is 22.0. The van der Waals surface area contributed by atoms with Gasteiger partial charge in [-0.1, -0.05) is 227 Å². The van der Waals surface area contributed by atoms with Crippen molar-refractivity contribution in [1.82, 2.24) is 9.97 Å². The predicted molar refractivity (Wildman–Crippen MR) is 362 cm³/mol. The molecule has 2 aromatic heterocycles. The molecule has 12 aromatic rings. The zero-order chi connectivity index (χ0) is 59.3. The topological polar surface area (TPSA) is 25.8 Å². The SMILES string of the molecule is CC1(C)c2cc(-c3ccc4c(c3)C(C)(C)c3cc(-c5cccc(-c6ccc7c(c6)C(C)(C)c6ccccc6-7)n5)ccc3-4)ccc2-c2ccc(-c3ccc4c(c3)C(C)(C)c3cc(-c5cccc(-c6ccc7c(c6)C(C)(C)c6ccccc6-7)n5)ccc3-4)cc21. The Morgan fingerprint density at radius 2 is 0.356 bits per heavy atom. The van der Waals surface area contributed by atoms with E-state index in [9.17, 15) is 0 Å². The molecule has 87 heavy (non-hydrogen) atoms. The average Bonchev–Trinajstić information content (AvgIpc) is 2.25. The summed E-state index contributed by atoms with van der Waals surface area (Å²) in [4.78, 5) is 10.7. The number of nitrogens with zero attached hydrogens (tertiary/aromatic N) is 2. The van der Waals surface area contributed by atoms with E-state index in [1.807, 2.05) is 0 Å². The summed E-state index contributed by atoms with van der Waals surface area (Å²) in [5.74, 6) is 0. The highest BCUT2D eigenvalue weighted by molar-refractivity contribution is 5.92. The summed E-state index contributed by atoms with van der Waals surface area (Å²) in [5, 5.41) is 0. The molecule has 10 aromatic carbocycles. The summed E-state index contributed by atoms with van der Waals surface area (Å²) in [6, 6.07) is 87.2. The van der Waals surface area contributed by atoms with Crippen LogP contribution in [0.15, 0.2) is 231 Å². The fourth-order valence-corrected chi connectivity index (χ4v) is 16.5. The maximum atomic E-state index is 5.34. The lowest BCUT2D eigenvalue weighted by molar-refractivity contribution is 0.659. The van der Waals surface area contributed by atoms with Crippen LogP contribution in [-0.4, -0.2) is 9.97 Å². The number of rotatable bonds is 6. The lowest BCUT2D eigenvalue weighted by Gasteiger charge is -2.24. The van der Waals surface area contributed by atoms with Crippen molar-refractivity contribution >= 4 is 0 Å². The van der Waals surface area contributed by atoms with Crippen LogP contribution in [0.25, 0.3) is 123 Å². The smallest absolute Gasteiger partial charge is 0.0709 e. The number of benzene rings is 10. The van der Waals surface area contributed by atoms with E-state index in [-0.39, 0.29) is 27.1 Å². The van der Waals surface area contributed by atoms with Crippen molar-refractivity contribution in [2.45, 2.75) is 96.3 Å². The molecule has 0 spiro atoms. The van der Waals surface area contributed by atoms with E-state index in [0.717, 1.165) is 45.0 Å². The molecule has 0 saturated carbocycles. The summed E-state index contributed by atoms with van der Waals surface area (Å²) < 4.78 is 0. The Balaban J connectivity index is 0.626. The van der Waals surface area contributed by atoms with Gasteiger partial charge in [0.2, 0.25) is 0 Å². The minimum atomic E-state index is -0.198. The molecule has 418 valence electrons. The van der Waals surface area contributed by atoms with Gasteiger partial charge >= 0.3 is 0 Å². The van der Waals surface area contributed by atoms with E-state index in [2.05, 4.69) is 300 Å². The first kappa shape index (κ1) is 51.9. The number of aromatic nitrogens is 2. The van der Waals surface area contributed by atoms with Gasteiger partial charge in [0, 0.05) is 49.3 Å². The summed E-state index contributed by atoms with van der Waals surface area (Å²) in [7, 11) is 0. The summed E-state index contributed by atoms with van der Waals surface area (Å²) in [6.07, 6.45) is 0. The molecular formula is C85H68N2. The first-order valence-corrected chi connectivity index (χ1v) is 31.2. The van der Waals surface area contributed by atoms with Gasteiger partial charge in [0.25, 0.3) is 0 Å². The van der Waals surface area contributed by atoms with Crippen LogP contribution in [0.2, 0.25) is 0 Å². The second-order valence-electron chi connectivity index (χ2n) is 28.1. The zero-order valence-electron chi connectivity index (χ0n) is 51.3. The third kappa shape index (κ3) is 7.34. The van der Waals surface area contributed by atoms with Gasteiger partial charge in [-0.2, -0.15) is 0 Å². The summed E-state index contributed by atoms with van der Waals surface area (Å²) >= 11 is 0. The molecule has 0 aliphatic heterocycles. The number of hydrogen-bond donors (Lipinski definition) is 0. The maximum absolute atomic E-state index is 5.34. The third-order valence-electron chi connectivity index (χ3n) is 21.5. The van der Waals surface area contributed by atoms with Gasteiger partial charge in [0.05, 0.1) is 22.8 Å². The molecule has 5 aliphatic rings. The van der Waals surface area contributed by atoms with E-state index in [0.29, 0.717) is 0 Å². The Morgan fingerprint density at radius 1 is 0.172 bits per heavy atom. The molecular weight excluding hydrogens is 1050 g/mol. The van der Waals surface area contributed by atoms with Gasteiger partial charge in [-0.05, 0) is 206 Å². The Bertz CT molecular complexity index is 4700. The Kier molecular flexibility index (Phi) is 10.6. The van der Waals surface area contributed by atoms with Gasteiger partial charge < -0.3 is 0 Å². The van der Waals surface area contributed by atoms with E-state index >= 15 is 0 Å². The minimum Gasteiger partial charge on any atom is -0.248 e. The van der Waals surface area contributed by atoms with Crippen LogP contribution in [0.3, 0.4) is 0 Å². The molecule has 0 fully saturated rings. The highest BCUT2D eigenvalue weighted by Crippen LogP contribution is 2.56. The van der Waals surface area contributed by atoms with Gasteiger partial charge in [0.15, 0.2) is 0 Å². The van der Waals surface area contributed by atoms with Crippen LogP contribution in [0.5, 0.6) is 0 Å². The molecule has 0 atom stereocenters. The monoisotopic (exact) mass is 1120 g/mol. The fourth-order valence-electron chi connectivity index (χ4n) is 16.5. The minimum absolute atomic E-state index is 0.0636. The Labute approximate surface area is 512 Å². The van der Waals surface area contributed by atoms with Gasteiger partial charge in [-0.15, -0.1) is 0 Å². The lowest BCUT2D eigenvalue weighted by atomic mass is 9.79. The quantitative estimate of drug-likeness (QED) is 0.166. The van der Waals surface area contributed by atoms with Gasteiger partial charge in [-0.25, -0.2) is 9.97 Å². The van der Waals surface area contributed by atoms with Crippen molar-refractivity contribution in [2.24, 2.45) is 0 Å². The van der Waals surface area contributed by atoms with Crippen LogP contribution < -0.4 is 0 Å². The highest BCUT2D eigenvalue weighted by Gasteiger charge is 2.41. The molecule has 5 aliphatic carbocycles. The Morgan fingerprint density at radius 3 is 0.598 bits per heavy atom. The molecule has 2 nitrogen and oxygen atoms in total. The van der Waals surface area contributed by atoms with Crippen molar-refractivity contribution in [1.29, 1.82) is 0 Å². The van der Waals surface area contributed by atoms with Gasteiger partial charge in [-0.3, -0.25) is 0 Å². The number of fused-ring (bicyclic) bond motifs is 15. The van der Waals surface area contributed by atoms with E-state index < -0.39 is 0 Å². The van der Waals surface area contributed by atoms with E-state index in [4.69, 9.17) is 9.97 Å². The highest BCUT2D eigenvalue weighted by atomic mass is 14.7. The molecule has 0 radical (unpaired) electrons. The molecule has 2 heteroatoms. The maximum Gasteiger partial charge on any atom is 0.0709 e. The van der Waals surface area contributed by atoms with Crippen molar-refractivity contribution in [2.75, 3.05) is 0 Å². The Hall–Kier alpha value is -9.50. The molecule has 17 rings (SSSR count). The van der Waals surface area contributed by atoms with Gasteiger partial charge in [0.1, 0.15) is 0 Å². The fraction of sp³-hybridized carbons (Fsp3) is 0.176. The van der Waals surface area contributed by atoms with Crippen molar-refractivity contribution in [3.05, 3.63) is 286 Å². The lowest BCUT2D eigenvalue weighted by Crippen LogP contribution is -2.16. The standard InChI is InChI=1S/C85H68N2/c1-81(2)67-19-13-11-17-57(67)59-37-29-53(45-73(59)81)77-21-15-23-79(86-77)55-31-39-65-63-35-27-51(43-71(63)84(7,8)75(65)47-55)49-25-33-61-62-34-26-50(42-70(62)83(5,6)69(61)41-49)52-28-36-64-66-40-32-56(48-76(66)85(9,10)72(64)44-52)80-24-16-22-78(87-80)54-30-38-60-58-18-12-14-20-68(58)82(3,4)74(60)46-54/h11-48H,1-10H3. The van der Waals surface area contributed by atoms with Crippen molar-refractivity contribution in [3.63, 3.8) is 0 Å².